The first kappa shape index (κ1) is 15.8. The van der Waals surface area contributed by atoms with Crippen LogP contribution in [0.25, 0.3) is 0 Å². The van der Waals surface area contributed by atoms with Crippen LogP contribution >= 0.6 is 0 Å². The van der Waals surface area contributed by atoms with E-state index in [9.17, 15) is 4.79 Å². The van der Waals surface area contributed by atoms with Crippen LogP contribution in [0.1, 0.15) is 39.3 Å². The van der Waals surface area contributed by atoms with Crippen LogP contribution in [-0.2, 0) is 0 Å². The van der Waals surface area contributed by atoms with Crippen LogP contribution in [0.15, 0.2) is 30.3 Å². The molecule has 0 spiro atoms. The molecular formula is C17H27N3O. The average molecular weight is 289 g/mol. The number of rotatable bonds is 2. The highest BCUT2D eigenvalue weighted by molar-refractivity contribution is 5.75. The quantitative estimate of drug-likeness (QED) is 0.908. The Bertz CT molecular complexity index is 459. The largest absolute Gasteiger partial charge is 0.333 e. The molecule has 1 aromatic rings. The van der Waals surface area contributed by atoms with E-state index in [1.165, 1.54) is 5.56 Å². The lowest BCUT2D eigenvalue weighted by Crippen LogP contribution is -2.55. The lowest BCUT2D eigenvalue weighted by atomic mass is 10.1. The fourth-order valence-electron chi connectivity index (χ4n) is 2.65. The number of urea groups is 1. The fraction of sp³-hybridized carbons (Fsp3) is 0.588. The number of nitrogens with zero attached hydrogens (tertiary/aromatic N) is 2. The summed E-state index contributed by atoms with van der Waals surface area (Å²) in [6.07, 6.45) is 0. The zero-order valence-electron chi connectivity index (χ0n) is 13.6. The van der Waals surface area contributed by atoms with Gasteiger partial charge in [0.15, 0.2) is 0 Å². The third kappa shape index (κ3) is 4.46. The molecule has 2 rings (SSSR count). The Hall–Kier alpha value is -1.55. The van der Waals surface area contributed by atoms with E-state index in [0.29, 0.717) is 6.04 Å². The molecule has 0 radical (unpaired) electrons. The molecule has 1 heterocycles. The van der Waals surface area contributed by atoms with E-state index in [2.05, 4.69) is 41.4 Å². The Morgan fingerprint density at radius 3 is 2.19 bits per heavy atom. The van der Waals surface area contributed by atoms with Crippen LogP contribution in [0.3, 0.4) is 0 Å². The molecule has 1 unspecified atom stereocenters. The van der Waals surface area contributed by atoms with E-state index >= 15 is 0 Å². The van der Waals surface area contributed by atoms with Gasteiger partial charge in [0.1, 0.15) is 0 Å². The molecule has 1 aliphatic heterocycles. The van der Waals surface area contributed by atoms with Crippen molar-refractivity contribution in [2.45, 2.75) is 39.3 Å². The summed E-state index contributed by atoms with van der Waals surface area (Å²) in [6.45, 7) is 11.7. The molecule has 1 atom stereocenters. The second kappa shape index (κ2) is 6.48. The zero-order chi connectivity index (χ0) is 15.5. The van der Waals surface area contributed by atoms with Crippen molar-refractivity contribution < 1.29 is 4.79 Å². The molecule has 1 saturated heterocycles. The summed E-state index contributed by atoms with van der Waals surface area (Å²) in [5.74, 6) is 0. The SMILES string of the molecule is CC(c1ccccc1)N1CCN(C(=O)NC(C)(C)C)CC1. The normalized spacial score (nSPS) is 18.4. The number of benzene rings is 1. The second-order valence-electron chi connectivity index (χ2n) is 6.79. The smallest absolute Gasteiger partial charge is 0.317 e. The average Bonchev–Trinajstić information content (AvgIpc) is 2.46. The van der Waals surface area contributed by atoms with Crippen LogP contribution in [0.4, 0.5) is 4.79 Å². The third-order valence-corrected chi connectivity index (χ3v) is 3.91. The van der Waals surface area contributed by atoms with E-state index in [1.54, 1.807) is 0 Å². The summed E-state index contributed by atoms with van der Waals surface area (Å²) >= 11 is 0. The van der Waals surface area contributed by atoms with Gasteiger partial charge < -0.3 is 10.2 Å². The van der Waals surface area contributed by atoms with Gasteiger partial charge in [0.25, 0.3) is 0 Å². The van der Waals surface area contributed by atoms with E-state index < -0.39 is 0 Å². The molecule has 21 heavy (non-hydrogen) atoms. The lowest BCUT2D eigenvalue weighted by Gasteiger charge is -2.39. The Morgan fingerprint density at radius 2 is 1.67 bits per heavy atom. The van der Waals surface area contributed by atoms with Crippen molar-refractivity contribution >= 4 is 6.03 Å². The van der Waals surface area contributed by atoms with Gasteiger partial charge >= 0.3 is 6.03 Å². The van der Waals surface area contributed by atoms with Gasteiger partial charge in [0.05, 0.1) is 0 Å². The highest BCUT2D eigenvalue weighted by Gasteiger charge is 2.26. The van der Waals surface area contributed by atoms with Crippen LogP contribution < -0.4 is 5.32 Å². The van der Waals surface area contributed by atoms with Gasteiger partial charge in [0, 0.05) is 37.8 Å². The summed E-state index contributed by atoms with van der Waals surface area (Å²) in [4.78, 5) is 16.5. The monoisotopic (exact) mass is 289 g/mol. The van der Waals surface area contributed by atoms with Gasteiger partial charge in [-0.25, -0.2) is 4.79 Å². The van der Waals surface area contributed by atoms with Crippen molar-refractivity contribution in [1.29, 1.82) is 0 Å². The predicted molar refractivity (Wildman–Crippen MR) is 86.3 cm³/mol. The first-order valence-corrected chi connectivity index (χ1v) is 7.73. The summed E-state index contributed by atoms with van der Waals surface area (Å²) in [5.41, 5.74) is 1.16. The molecule has 0 saturated carbocycles. The van der Waals surface area contributed by atoms with E-state index in [4.69, 9.17) is 0 Å². The number of amides is 2. The molecule has 1 N–H and O–H groups in total. The van der Waals surface area contributed by atoms with Crippen LogP contribution in [0.2, 0.25) is 0 Å². The number of carbonyl (C=O) groups excluding carboxylic acids is 1. The van der Waals surface area contributed by atoms with Gasteiger partial charge in [-0.05, 0) is 33.3 Å². The number of hydrogen-bond donors (Lipinski definition) is 1. The molecular weight excluding hydrogens is 262 g/mol. The molecule has 116 valence electrons. The van der Waals surface area contributed by atoms with Gasteiger partial charge in [-0.15, -0.1) is 0 Å². The molecule has 4 heteroatoms. The lowest BCUT2D eigenvalue weighted by molar-refractivity contribution is 0.111. The van der Waals surface area contributed by atoms with Crippen molar-refractivity contribution in [3.63, 3.8) is 0 Å². The molecule has 0 bridgehead atoms. The summed E-state index contributed by atoms with van der Waals surface area (Å²) < 4.78 is 0. The molecule has 2 amide bonds. The second-order valence-corrected chi connectivity index (χ2v) is 6.79. The minimum atomic E-state index is -0.175. The predicted octanol–water partition coefficient (Wildman–Crippen LogP) is 2.87. The molecule has 0 aliphatic carbocycles. The zero-order valence-corrected chi connectivity index (χ0v) is 13.6. The summed E-state index contributed by atoms with van der Waals surface area (Å²) in [5, 5.41) is 3.03. The van der Waals surface area contributed by atoms with Crippen LogP contribution in [0, 0.1) is 0 Å². The first-order valence-electron chi connectivity index (χ1n) is 7.73. The maximum absolute atomic E-state index is 12.2. The highest BCUT2D eigenvalue weighted by atomic mass is 16.2. The number of carbonyl (C=O) groups is 1. The van der Waals surface area contributed by atoms with Gasteiger partial charge in [-0.3, -0.25) is 4.90 Å². The Morgan fingerprint density at radius 1 is 1.10 bits per heavy atom. The van der Waals surface area contributed by atoms with Crippen molar-refractivity contribution in [1.82, 2.24) is 15.1 Å². The number of nitrogens with one attached hydrogen (secondary N) is 1. The third-order valence-electron chi connectivity index (χ3n) is 3.91. The number of hydrogen-bond acceptors (Lipinski definition) is 2. The van der Waals surface area contributed by atoms with Gasteiger partial charge in [-0.2, -0.15) is 0 Å². The molecule has 0 aromatic heterocycles. The van der Waals surface area contributed by atoms with Gasteiger partial charge in [-0.1, -0.05) is 30.3 Å². The van der Waals surface area contributed by atoms with Crippen molar-refractivity contribution in [3.05, 3.63) is 35.9 Å². The highest BCUT2D eigenvalue weighted by Crippen LogP contribution is 2.21. The summed E-state index contributed by atoms with van der Waals surface area (Å²) in [6, 6.07) is 11.0. The molecule has 1 fully saturated rings. The Balaban J connectivity index is 1.87. The van der Waals surface area contributed by atoms with Crippen LogP contribution in [0.5, 0.6) is 0 Å². The maximum atomic E-state index is 12.2. The van der Waals surface area contributed by atoms with Crippen LogP contribution in [-0.4, -0.2) is 47.5 Å². The molecule has 1 aromatic carbocycles. The van der Waals surface area contributed by atoms with E-state index in [-0.39, 0.29) is 11.6 Å². The first-order chi connectivity index (χ1) is 9.87. The fourth-order valence-corrected chi connectivity index (χ4v) is 2.65. The minimum absolute atomic E-state index is 0.0505. The molecule has 1 aliphatic rings. The van der Waals surface area contributed by atoms with Gasteiger partial charge in [0.2, 0.25) is 0 Å². The number of piperazine rings is 1. The maximum Gasteiger partial charge on any atom is 0.317 e. The standard InChI is InChI=1S/C17H27N3O/c1-14(15-8-6-5-7-9-15)19-10-12-20(13-11-19)16(21)18-17(2,3)4/h5-9,14H,10-13H2,1-4H3,(H,18,21). The van der Waals surface area contributed by atoms with E-state index in [1.807, 2.05) is 31.7 Å². The van der Waals surface area contributed by atoms with Crippen molar-refractivity contribution in [2.24, 2.45) is 0 Å². The van der Waals surface area contributed by atoms with Crippen molar-refractivity contribution in [3.8, 4) is 0 Å². The Kier molecular flexibility index (Phi) is 4.88. The topological polar surface area (TPSA) is 35.6 Å². The van der Waals surface area contributed by atoms with Crippen molar-refractivity contribution in [2.75, 3.05) is 26.2 Å². The molecule has 4 nitrogen and oxygen atoms in total. The summed E-state index contributed by atoms with van der Waals surface area (Å²) in [7, 11) is 0. The Labute approximate surface area is 128 Å². The minimum Gasteiger partial charge on any atom is -0.333 e. The van der Waals surface area contributed by atoms with E-state index in [0.717, 1.165) is 26.2 Å².